The first kappa shape index (κ1) is 13.2. The highest BCUT2D eigenvalue weighted by Crippen LogP contribution is 2.10. The second-order valence-electron chi connectivity index (χ2n) is 2.31. The molecule has 0 saturated carbocycles. The molecule has 0 amide bonds. The Balaban J connectivity index is 0.00000169. The van der Waals surface area contributed by atoms with Crippen LogP contribution in [0.4, 0.5) is 0 Å². The predicted molar refractivity (Wildman–Crippen MR) is 58.5 cm³/mol. The third-order valence-corrected chi connectivity index (χ3v) is 2.33. The minimum Gasteiger partial charge on any atom is -0.305 e. The van der Waals surface area contributed by atoms with Gasteiger partial charge in [-0.2, -0.15) is 0 Å². The van der Waals surface area contributed by atoms with Crippen molar-refractivity contribution in [1.29, 1.82) is 0 Å². The minimum absolute atomic E-state index is 0. The molecule has 0 unspecified atom stereocenters. The SMILES string of the molecule is C#CCNCCSc1nnnn1C.Cl. The normalized spacial score (nSPS) is 9.14. The second kappa shape index (κ2) is 7.62. The predicted octanol–water partition coefficient (Wildman–Crippen LogP) is -0.0532. The van der Waals surface area contributed by atoms with Crippen molar-refractivity contribution in [3.8, 4) is 12.3 Å². The Bertz CT molecular complexity index is 295. The van der Waals surface area contributed by atoms with Gasteiger partial charge in [-0.1, -0.05) is 17.7 Å². The number of nitrogens with one attached hydrogen (secondary N) is 1. The molecule has 14 heavy (non-hydrogen) atoms. The molecular weight excluding hydrogens is 222 g/mol. The number of halogens is 1. The first-order valence-corrected chi connectivity index (χ1v) is 4.82. The summed E-state index contributed by atoms with van der Waals surface area (Å²) in [5.41, 5.74) is 0. The third-order valence-electron chi connectivity index (χ3n) is 1.32. The van der Waals surface area contributed by atoms with Gasteiger partial charge in [0.05, 0.1) is 6.54 Å². The van der Waals surface area contributed by atoms with Crippen LogP contribution >= 0.6 is 24.2 Å². The molecule has 5 nitrogen and oxygen atoms in total. The molecule has 78 valence electrons. The molecule has 0 radical (unpaired) electrons. The molecular formula is C7H12ClN5S. The lowest BCUT2D eigenvalue weighted by Gasteiger charge is -1.99. The molecule has 1 aromatic rings. The number of hydrogen-bond acceptors (Lipinski definition) is 5. The molecule has 0 aromatic carbocycles. The maximum absolute atomic E-state index is 5.07. The largest absolute Gasteiger partial charge is 0.305 e. The fraction of sp³-hybridized carbons (Fsp3) is 0.571. The Kier molecular flexibility index (Phi) is 7.20. The van der Waals surface area contributed by atoms with E-state index in [1.807, 2.05) is 7.05 Å². The van der Waals surface area contributed by atoms with Crippen molar-refractivity contribution >= 4 is 24.2 Å². The van der Waals surface area contributed by atoms with Gasteiger partial charge in [0.1, 0.15) is 0 Å². The number of tetrazole rings is 1. The van der Waals surface area contributed by atoms with Crippen LogP contribution in [0.1, 0.15) is 0 Å². The van der Waals surface area contributed by atoms with Crippen LogP contribution in [0, 0.1) is 12.3 Å². The molecule has 0 saturated heterocycles. The molecule has 0 aliphatic carbocycles. The average Bonchev–Trinajstić information content (AvgIpc) is 2.52. The van der Waals surface area contributed by atoms with Gasteiger partial charge in [-0.15, -0.1) is 23.9 Å². The van der Waals surface area contributed by atoms with Crippen LogP contribution in [-0.2, 0) is 7.05 Å². The highest BCUT2D eigenvalue weighted by atomic mass is 35.5. The Labute approximate surface area is 93.4 Å². The van der Waals surface area contributed by atoms with Gasteiger partial charge in [0, 0.05) is 19.3 Å². The molecule has 0 atom stereocenters. The van der Waals surface area contributed by atoms with Gasteiger partial charge >= 0.3 is 0 Å². The highest BCUT2D eigenvalue weighted by Gasteiger charge is 2.00. The van der Waals surface area contributed by atoms with E-state index in [0.717, 1.165) is 17.5 Å². The number of hydrogen-bond donors (Lipinski definition) is 1. The van der Waals surface area contributed by atoms with Gasteiger partial charge in [-0.05, 0) is 10.4 Å². The van der Waals surface area contributed by atoms with Gasteiger partial charge in [0.15, 0.2) is 0 Å². The number of terminal acetylenes is 1. The molecule has 1 rings (SSSR count). The minimum atomic E-state index is 0. The lowest BCUT2D eigenvalue weighted by Crippen LogP contribution is -2.17. The zero-order valence-corrected chi connectivity index (χ0v) is 9.44. The third kappa shape index (κ3) is 4.46. The maximum atomic E-state index is 5.07. The van der Waals surface area contributed by atoms with Crippen LogP contribution in [0.15, 0.2) is 5.16 Å². The van der Waals surface area contributed by atoms with E-state index >= 15 is 0 Å². The summed E-state index contributed by atoms with van der Waals surface area (Å²) in [5, 5.41) is 15.0. The molecule has 1 aromatic heterocycles. The summed E-state index contributed by atoms with van der Waals surface area (Å²) in [5.74, 6) is 3.42. The summed E-state index contributed by atoms with van der Waals surface area (Å²) >= 11 is 1.60. The van der Waals surface area contributed by atoms with E-state index in [1.165, 1.54) is 0 Å². The lowest BCUT2D eigenvalue weighted by atomic mass is 10.6. The van der Waals surface area contributed by atoms with E-state index in [1.54, 1.807) is 16.4 Å². The standard InChI is InChI=1S/C7H11N5S.ClH/c1-3-4-8-5-6-13-7-9-10-11-12(7)2;/h1,8H,4-6H2,2H3;1H. The van der Waals surface area contributed by atoms with Crippen molar-refractivity contribution in [2.45, 2.75) is 5.16 Å². The number of aryl methyl sites for hydroxylation is 1. The van der Waals surface area contributed by atoms with Gasteiger partial charge < -0.3 is 5.32 Å². The Morgan fingerprint density at radius 2 is 2.43 bits per heavy atom. The average molecular weight is 234 g/mol. The summed E-state index contributed by atoms with van der Waals surface area (Å²) in [7, 11) is 1.82. The molecule has 7 heteroatoms. The summed E-state index contributed by atoms with van der Waals surface area (Å²) in [6.07, 6.45) is 5.07. The Morgan fingerprint density at radius 1 is 1.64 bits per heavy atom. The van der Waals surface area contributed by atoms with E-state index in [4.69, 9.17) is 6.42 Å². The van der Waals surface area contributed by atoms with Gasteiger partial charge in [-0.25, -0.2) is 4.68 Å². The van der Waals surface area contributed by atoms with Gasteiger partial charge in [-0.3, -0.25) is 0 Å². The fourth-order valence-corrected chi connectivity index (χ4v) is 1.47. The quantitative estimate of drug-likeness (QED) is 0.439. The van der Waals surface area contributed by atoms with Crippen molar-refractivity contribution in [2.24, 2.45) is 7.05 Å². The zero-order chi connectivity index (χ0) is 9.52. The Morgan fingerprint density at radius 3 is 3.00 bits per heavy atom. The van der Waals surface area contributed by atoms with Crippen molar-refractivity contribution in [2.75, 3.05) is 18.8 Å². The van der Waals surface area contributed by atoms with Gasteiger partial charge in [0.25, 0.3) is 0 Å². The zero-order valence-electron chi connectivity index (χ0n) is 7.80. The van der Waals surface area contributed by atoms with Crippen LogP contribution in [-0.4, -0.2) is 39.0 Å². The maximum Gasteiger partial charge on any atom is 0.209 e. The van der Waals surface area contributed by atoms with Crippen LogP contribution in [0.25, 0.3) is 0 Å². The van der Waals surface area contributed by atoms with Crippen molar-refractivity contribution in [3.05, 3.63) is 0 Å². The molecule has 1 N–H and O–H groups in total. The van der Waals surface area contributed by atoms with E-state index in [9.17, 15) is 0 Å². The first-order valence-electron chi connectivity index (χ1n) is 3.84. The summed E-state index contributed by atoms with van der Waals surface area (Å²) < 4.78 is 1.64. The molecule has 0 fully saturated rings. The van der Waals surface area contributed by atoms with Crippen molar-refractivity contribution in [1.82, 2.24) is 25.5 Å². The molecule has 0 spiro atoms. The number of thioether (sulfide) groups is 1. The monoisotopic (exact) mass is 233 g/mol. The number of rotatable bonds is 5. The lowest BCUT2D eigenvalue weighted by molar-refractivity contribution is 0.664. The molecule has 0 aliphatic heterocycles. The van der Waals surface area contributed by atoms with Crippen LogP contribution in [0.2, 0.25) is 0 Å². The second-order valence-corrected chi connectivity index (χ2v) is 3.38. The molecule has 1 heterocycles. The van der Waals surface area contributed by atoms with Crippen LogP contribution in [0.5, 0.6) is 0 Å². The molecule has 0 bridgehead atoms. The molecule has 0 aliphatic rings. The van der Waals surface area contributed by atoms with E-state index in [-0.39, 0.29) is 12.4 Å². The fourth-order valence-electron chi connectivity index (χ4n) is 0.719. The van der Waals surface area contributed by atoms with Crippen molar-refractivity contribution < 1.29 is 0 Å². The highest BCUT2D eigenvalue weighted by molar-refractivity contribution is 7.99. The Hall–Kier alpha value is -0.770. The first-order chi connectivity index (χ1) is 6.34. The number of aromatic nitrogens is 4. The summed E-state index contributed by atoms with van der Waals surface area (Å²) in [6, 6.07) is 0. The van der Waals surface area contributed by atoms with Gasteiger partial charge in [0.2, 0.25) is 5.16 Å². The smallest absolute Gasteiger partial charge is 0.209 e. The van der Waals surface area contributed by atoms with E-state index < -0.39 is 0 Å². The van der Waals surface area contributed by atoms with Crippen LogP contribution < -0.4 is 5.32 Å². The summed E-state index contributed by atoms with van der Waals surface area (Å²) in [4.78, 5) is 0. The number of nitrogens with zero attached hydrogens (tertiary/aromatic N) is 4. The van der Waals surface area contributed by atoms with Crippen molar-refractivity contribution in [3.63, 3.8) is 0 Å². The summed E-state index contributed by atoms with van der Waals surface area (Å²) in [6.45, 7) is 1.47. The van der Waals surface area contributed by atoms with E-state index in [0.29, 0.717) is 6.54 Å². The van der Waals surface area contributed by atoms with E-state index in [2.05, 4.69) is 26.8 Å². The topological polar surface area (TPSA) is 55.6 Å². The van der Waals surface area contributed by atoms with Crippen LogP contribution in [0.3, 0.4) is 0 Å².